The summed E-state index contributed by atoms with van der Waals surface area (Å²) in [7, 11) is 0. The molecule has 0 saturated heterocycles. The molecule has 4 rings (SSSR count). The number of carbonyl (C=O) groups excluding carboxylic acids is 2. The van der Waals surface area contributed by atoms with E-state index in [1.54, 1.807) is 12.1 Å². The van der Waals surface area contributed by atoms with Gasteiger partial charge in [-0.3, -0.25) is 9.59 Å². The standard InChI is InChI=1S/C26H29N3O3.ClH/c27-22-9-13-24(14-10-22)32-23-11-7-19(8-12-23)25(30)28-15-16-29-26(31)21-6-5-18-3-1-2-4-20(18)17-21;/h1-8,11-12,17,22,24H,9-10,13-16,27H2,(H,28,30)(H,29,31);1H/t22-,24+;. The highest BCUT2D eigenvalue weighted by molar-refractivity contribution is 5.98. The number of benzene rings is 3. The third-order valence-electron chi connectivity index (χ3n) is 5.85. The SMILES string of the molecule is Cl.N[C@H]1CC[C@@H](Oc2ccc(C(=O)NCCNC(=O)c3ccc4ccccc4c3)cc2)CC1. The number of rotatable bonds is 7. The fourth-order valence-electron chi connectivity index (χ4n) is 3.97. The summed E-state index contributed by atoms with van der Waals surface area (Å²) in [4.78, 5) is 24.7. The van der Waals surface area contributed by atoms with Crippen LogP contribution >= 0.6 is 12.4 Å². The highest BCUT2D eigenvalue weighted by Crippen LogP contribution is 2.23. The van der Waals surface area contributed by atoms with Crippen LogP contribution in [0.1, 0.15) is 46.4 Å². The number of hydrogen-bond acceptors (Lipinski definition) is 4. The fraction of sp³-hybridized carbons (Fsp3) is 0.308. The summed E-state index contributed by atoms with van der Waals surface area (Å²) in [6.45, 7) is 0.696. The van der Waals surface area contributed by atoms with E-state index in [1.165, 1.54) is 0 Å². The molecule has 0 aromatic heterocycles. The summed E-state index contributed by atoms with van der Waals surface area (Å²) in [6, 6.07) is 21.0. The summed E-state index contributed by atoms with van der Waals surface area (Å²) in [6.07, 6.45) is 4.11. The van der Waals surface area contributed by atoms with E-state index in [1.807, 2.05) is 54.6 Å². The van der Waals surface area contributed by atoms with Crippen LogP contribution in [-0.2, 0) is 0 Å². The number of fused-ring (bicyclic) bond motifs is 1. The summed E-state index contributed by atoms with van der Waals surface area (Å²) >= 11 is 0. The Balaban J connectivity index is 0.00000306. The number of ether oxygens (including phenoxy) is 1. The molecule has 3 aromatic carbocycles. The maximum atomic E-state index is 12.4. The van der Waals surface area contributed by atoms with Gasteiger partial charge in [0.2, 0.25) is 0 Å². The van der Waals surface area contributed by atoms with Crippen molar-refractivity contribution >= 4 is 35.0 Å². The van der Waals surface area contributed by atoms with E-state index in [9.17, 15) is 9.59 Å². The van der Waals surface area contributed by atoms with Gasteiger partial charge in [0.15, 0.2) is 0 Å². The minimum Gasteiger partial charge on any atom is -0.490 e. The molecule has 0 unspecified atom stereocenters. The molecule has 0 spiro atoms. The lowest BCUT2D eigenvalue weighted by Crippen LogP contribution is -2.34. The smallest absolute Gasteiger partial charge is 0.251 e. The molecular formula is C26H30ClN3O3. The van der Waals surface area contributed by atoms with Crippen molar-refractivity contribution in [3.63, 3.8) is 0 Å². The minimum atomic E-state index is -0.180. The molecule has 0 radical (unpaired) electrons. The molecule has 1 aliphatic rings. The molecule has 4 N–H and O–H groups in total. The maximum absolute atomic E-state index is 12.4. The number of amides is 2. The van der Waals surface area contributed by atoms with Crippen molar-refractivity contribution in [3.8, 4) is 5.75 Å². The molecule has 0 atom stereocenters. The van der Waals surface area contributed by atoms with Gasteiger partial charge in [0.05, 0.1) is 6.10 Å². The Morgan fingerprint density at radius 3 is 2.03 bits per heavy atom. The van der Waals surface area contributed by atoms with E-state index < -0.39 is 0 Å². The van der Waals surface area contributed by atoms with Gasteiger partial charge in [0.1, 0.15) is 5.75 Å². The Hall–Kier alpha value is -3.09. The first kappa shape index (κ1) is 24.6. The Kier molecular flexibility index (Phi) is 8.69. The quantitative estimate of drug-likeness (QED) is 0.456. The van der Waals surface area contributed by atoms with Crippen molar-refractivity contribution in [2.75, 3.05) is 13.1 Å². The molecule has 1 saturated carbocycles. The molecule has 0 bridgehead atoms. The molecule has 6 nitrogen and oxygen atoms in total. The fourth-order valence-corrected chi connectivity index (χ4v) is 3.97. The minimum absolute atomic E-state index is 0. The van der Waals surface area contributed by atoms with E-state index in [2.05, 4.69) is 10.6 Å². The van der Waals surface area contributed by atoms with E-state index >= 15 is 0 Å². The van der Waals surface area contributed by atoms with Crippen LogP contribution in [0.3, 0.4) is 0 Å². The molecule has 2 amide bonds. The third-order valence-corrected chi connectivity index (χ3v) is 5.85. The van der Waals surface area contributed by atoms with Crippen molar-refractivity contribution in [2.24, 2.45) is 5.73 Å². The lowest BCUT2D eigenvalue weighted by atomic mass is 9.94. The number of nitrogens with two attached hydrogens (primary N) is 1. The zero-order chi connectivity index (χ0) is 22.3. The zero-order valence-corrected chi connectivity index (χ0v) is 19.3. The zero-order valence-electron chi connectivity index (χ0n) is 18.5. The van der Waals surface area contributed by atoms with Crippen molar-refractivity contribution in [1.82, 2.24) is 10.6 Å². The second-order valence-corrected chi connectivity index (χ2v) is 8.25. The average molecular weight is 468 g/mol. The second-order valence-electron chi connectivity index (χ2n) is 8.25. The summed E-state index contributed by atoms with van der Waals surface area (Å²) < 4.78 is 6.00. The molecule has 33 heavy (non-hydrogen) atoms. The Morgan fingerprint density at radius 2 is 1.36 bits per heavy atom. The first-order valence-electron chi connectivity index (χ1n) is 11.2. The van der Waals surface area contributed by atoms with Crippen LogP contribution in [-0.4, -0.2) is 37.0 Å². The van der Waals surface area contributed by atoms with Gasteiger partial charge in [0.25, 0.3) is 11.8 Å². The topological polar surface area (TPSA) is 93.4 Å². The van der Waals surface area contributed by atoms with Gasteiger partial charge in [-0.15, -0.1) is 12.4 Å². The van der Waals surface area contributed by atoms with Gasteiger partial charge in [0, 0.05) is 30.3 Å². The largest absolute Gasteiger partial charge is 0.490 e. The Labute approximate surface area is 200 Å². The van der Waals surface area contributed by atoms with Crippen LogP contribution < -0.4 is 21.1 Å². The van der Waals surface area contributed by atoms with Crippen molar-refractivity contribution in [1.29, 1.82) is 0 Å². The first-order valence-corrected chi connectivity index (χ1v) is 11.2. The van der Waals surface area contributed by atoms with Crippen LogP contribution in [0.25, 0.3) is 10.8 Å². The maximum Gasteiger partial charge on any atom is 0.251 e. The molecule has 1 fully saturated rings. The van der Waals surface area contributed by atoms with E-state index in [0.29, 0.717) is 30.3 Å². The van der Waals surface area contributed by atoms with Crippen LogP contribution in [0, 0.1) is 0 Å². The molecule has 1 aliphatic carbocycles. The molecule has 7 heteroatoms. The molecule has 174 valence electrons. The third kappa shape index (κ3) is 6.70. The lowest BCUT2D eigenvalue weighted by molar-refractivity contribution is 0.0927. The molecular weight excluding hydrogens is 438 g/mol. The lowest BCUT2D eigenvalue weighted by Gasteiger charge is -2.26. The Morgan fingerprint density at radius 1 is 0.788 bits per heavy atom. The number of halogens is 1. The van der Waals surface area contributed by atoms with E-state index in [0.717, 1.165) is 42.2 Å². The number of nitrogens with one attached hydrogen (secondary N) is 2. The highest BCUT2D eigenvalue weighted by Gasteiger charge is 2.19. The number of hydrogen-bond donors (Lipinski definition) is 3. The molecule has 0 heterocycles. The summed E-state index contributed by atoms with van der Waals surface area (Å²) in [5.74, 6) is 0.431. The summed E-state index contributed by atoms with van der Waals surface area (Å²) in [5.41, 5.74) is 7.10. The highest BCUT2D eigenvalue weighted by atomic mass is 35.5. The van der Waals surface area contributed by atoms with Gasteiger partial charge >= 0.3 is 0 Å². The number of carbonyl (C=O) groups is 2. The van der Waals surface area contributed by atoms with Crippen molar-refractivity contribution in [3.05, 3.63) is 77.9 Å². The Bertz CT molecular complexity index is 1080. The van der Waals surface area contributed by atoms with E-state index in [4.69, 9.17) is 10.5 Å². The van der Waals surface area contributed by atoms with Gasteiger partial charge < -0.3 is 21.1 Å². The monoisotopic (exact) mass is 467 g/mol. The van der Waals surface area contributed by atoms with Gasteiger partial charge in [-0.05, 0) is 72.9 Å². The average Bonchev–Trinajstić information content (AvgIpc) is 2.83. The summed E-state index contributed by atoms with van der Waals surface area (Å²) in [5, 5.41) is 7.79. The van der Waals surface area contributed by atoms with Crippen LogP contribution in [0.5, 0.6) is 5.75 Å². The van der Waals surface area contributed by atoms with Crippen LogP contribution in [0.15, 0.2) is 66.7 Å². The normalized spacial score (nSPS) is 17.6. The van der Waals surface area contributed by atoms with E-state index in [-0.39, 0.29) is 30.3 Å². The predicted octanol–water partition coefficient (Wildman–Crippen LogP) is 4.07. The van der Waals surface area contributed by atoms with Crippen molar-refractivity contribution < 1.29 is 14.3 Å². The van der Waals surface area contributed by atoms with Gasteiger partial charge in [-0.25, -0.2) is 0 Å². The van der Waals surface area contributed by atoms with Crippen LogP contribution in [0.2, 0.25) is 0 Å². The van der Waals surface area contributed by atoms with Crippen molar-refractivity contribution in [2.45, 2.75) is 37.8 Å². The van der Waals surface area contributed by atoms with Gasteiger partial charge in [-0.2, -0.15) is 0 Å². The van der Waals surface area contributed by atoms with Crippen LogP contribution in [0.4, 0.5) is 0 Å². The molecule has 0 aliphatic heterocycles. The first-order chi connectivity index (χ1) is 15.6. The molecule has 3 aromatic rings. The van der Waals surface area contributed by atoms with Gasteiger partial charge in [-0.1, -0.05) is 30.3 Å². The second kappa shape index (κ2) is 11.7. The predicted molar refractivity (Wildman–Crippen MR) is 133 cm³/mol.